The van der Waals surface area contributed by atoms with Crippen LogP contribution in [0.5, 0.6) is 0 Å². The Morgan fingerprint density at radius 2 is 2.20 bits per heavy atom. The van der Waals surface area contributed by atoms with Crippen molar-refractivity contribution in [1.29, 1.82) is 0 Å². The second-order valence-electron chi connectivity index (χ2n) is 4.57. The van der Waals surface area contributed by atoms with E-state index in [2.05, 4.69) is 17.3 Å². The summed E-state index contributed by atoms with van der Waals surface area (Å²) in [6.45, 7) is 1.81. The first-order valence-electron chi connectivity index (χ1n) is 5.32. The van der Waals surface area contributed by atoms with Crippen LogP contribution in [0, 0.1) is 0 Å². The van der Waals surface area contributed by atoms with Gasteiger partial charge in [-0.05, 0) is 25.6 Å². The summed E-state index contributed by atoms with van der Waals surface area (Å²) in [5, 5.41) is 3.40. The molecule has 1 saturated heterocycles. The number of rotatable bonds is 0. The van der Waals surface area contributed by atoms with E-state index in [9.17, 15) is 4.79 Å². The third kappa shape index (κ3) is 1.13. The van der Waals surface area contributed by atoms with Gasteiger partial charge in [0.2, 0.25) is 0 Å². The van der Waals surface area contributed by atoms with Gasteiger partial charge in [-0.25, -0.2) is 0 Å². The zero-order valence-electron chi connectivity index (χ0n) is 8.79. The number of para-hydroxylation sites is 1. The largest absolute Gasteiger partial charge is 0.371 e. The third-order valence-electron chi connectivity index (χ3n) is 3.44. The topological polar surface area (TPSA) is 32.3 Å². The number of hydrogen-bond acceptors (Lipinski definition) is 3. The molecule has 1 aromatic rings. The Kier molecular flexibility index (Phi) is 1.68. The van der Waals surface area contributed by atoms with Crippen LogP contribution in [-0.2, 0) is 0 Å². The van der Waals surface area contributed by atoms with E-state index in [4.69, 9.17) is 0 Å². The van der Waals surface area contributed by atoms with E-state index < -0.39 is 0 Å². The fourth-order valence-electron chi connectivity index (χ4n) is 2.65. The lowest BCUT2D eigenvalue weighted by Gasteiger charge is -2.22. The molecular weight excluding hydrogens is 188 g/mol. The highest BCUT2D eigenvalue weighted by Crippen LogP contribution is 2.37. The lowest BCUT2D eigenvalue weighted by atomic mass is 9.93. The molecule has 3 rings (SSSR count). The van der Waals surface area contributed by atoms with Crippen molar-refractivity contribution in [1.82, 2.24) is 4.90 Å². The summed E-state index contributed by atoms with van der Waals surface area (Å²) in [6, 6.07) is 7.80. The van der Waals surface area contributed by atoms with Crippen LogP contribution >= 0.6 is 0 Å². The van der Waals surface area contributed by atoms with E-state index >= 15 is 0 Å². The van der Waals surface area contributed by atoms with E-state index in [1.54, 1.807) is 0 Å². The van der Waals surface area contributed by atoms with Crippen molar-refractivity contribution < 1.29 is 4.79 Å². The standard InChI is InChI=1S/C12H14N2O/c1-14-7-6-12(8-14)11(15)9-4-2-3-5-10(9)13-12/h2-5,13H,6-8H2,1H3. The molecule has 0 aromatic heterocycles. The van der Waals surface area contributed by atoms with Crippen LogP contribution in [0.4, 0.5) is 5.69 Å². The molecule has 2 heterocycles. The smallest absolute Gasteiger partial charge is 0.191 e. The first-order chi connectivity index (χ1) is 7.21. The van der Waals surface area contributed by atoms with E-state index in [-0.39, 0.29) is 11.3 Å². The SMILES string of the molecule is CN1CCC2(C1)Nc1ccccc1C2=O. The number of hydrogen-bond donors (Lipinski definition) is 1. The normalized spacial score (nSPS) is 29.5. The third-order valence-corrected chi connectivity index (χ3v) is 3.44. The van der Waals surface area contributed by atoms with Gasteiger partial charge in [-0.15, -0.1) is 0 Å². The Morgan fingerprint density at radius 1 is 1.40 bits per heavy atom. The van der Waals surface area contributed by atoms with Gasteiger partial charge >= 0.3 is 0 Å². The molecule has 1 atom stereocenters. The van der Waals surface area contributed by atoms with Crippen molar-refractivity contribution >= 4 is 11.5 Å². The highest BCUT2D eigenvalue weighted by molar-refractivity contribution is 6.13. The van der Waals surface area contributed by atoms with Gasteiger partial charge in [0.1, 0.15) is 5.54 Å². The molecule has 0 saturated carbocycles. The van der Waals surface area contributed by atoms with Crippen LogP contribution in [0.15, 0.2) is 24.3 Å². The number of likely N-dealkylation sites (tertiary alicyclic amines) is 1. The van der Waals surface area contributed by atoms with Crippen molar-refractivity contribution in [3.05, 3.63) is 29.8 Å². The summed E-state index contributed by atoms with van der Waals surface area (Å²) in [5.74, 6) is 0.266. The van der Waals surface area contributed by atoms with Crippen LogP contribution in [0.3, 0.4) is 0 Å². The van der Waals surface area contributed by atoms with Gasteiger partial charge in [0.05, 0.1) is 0 Å². The summed E-state index contributed by atoms with van der Waals surface area (Å²) < 4.78 is 0. The number of Topliss-reactive ketones (excluding diaryl/α,β-unsaturated/α-hetero) is 1. The number of nitrogens with one attached hydrogen (secondary N) is 1. The average molecular weight is 202 g/mol. The first kappa shape index (κ1) is 8.92. The maximum atomic E-state index is 12.3. The molecule has 0 radical (unpaired) electrons. The predicted molar refractivity (Wildman–Crippen MR) is 59.2 cm³/mol. The lowest BCUT2D eigenvalue weighted by molar-refractivity contribution is 0.0924. The minimum absolute atomic E-state index is 0.266. The Hall–Kier alpha value is -1.35. The number of anilines is 1. The van der Waals surface area contributed by atoms with Crippen molar-refractivity contribution in [3.8, 4) is 0 Å². The quantitative estimate of drug-likeness (QED) is 0.689. The van der Waals surface area contributed by atoms with Gasteiger partial charge in [-0.3, -0.25) is 4.79 Å². The predicted octanol–water partition coefficient (Wildman–Crippen LogP) is 1.37. The Balaban J connectivity index is 2.03. The number of likely N-dealkylation sites (N-methyl/N-ethyl adjacent to an activating group) is 1. The van der Waals surface area contributed by atoms with Crippen LogP contribution in [0.1, 0.15) is 16.8 Å². The van der Waals surface area contributed by atoms with Gasteiger partial charge in [0.15, 0.2) is 5.78 Å². The van der Waals surface area contributed by atoms with Gasteiger partial charge in [-0.2, -0.15) is 0 Å². The summed E-state index contributed by atoms with van der Waals surface area (Å²) in [4.78, 5) is 14.5. The van der Waals surface area contributed by atoms with Crippen molar-refractivity contribution in [2.45, 2.75) is 12.0 Å². The minimum Gasteiger partial charge on any atom is -0.371 e. The molecule has 1 aromatic carbocycles. The fraction of sp³-hybridized carbons (Fsp3) is 0.417. The number of carbonyl (C=O) groups excluding carboxylic acids is 1. The fourth-order valence-corrected chi connectivity index (χ4v) is 2.65. The number of nitrogens with zero attached hydrogens (tertiary/aromatic N) is 1. The monoisotopic (exact) mass is 202 g/mol. The molecule has 3 nitrogen and oxygen atoms in total. The lowest BCUT2D eigenvalue weighted by Crippen LogP contribution is -2.43. The molecule has 0 bridgehead atoms. The Labute approximate surface area is 89.1 Å². The van der Waals surface area contributed by atoms with Crippen LogP contribution < -0.4 is 5.32 Å². The summed E-state index contributed by atoms with van der Waals surface area (Å²) in [6.07, 6.45) is 0.914. The second-order valence-corrected chi connectivity index (χ2v) is 4.57. The van der Waals surface area contributed by atoms with Crippen LogP contribution in [0.25, 0.3) is 0 Å². The van der Waals surface area contributed by atoms with E-state index in [0.717, 1.165) is 30.8 Å². The van der Waals surface area contributed by atoms with Gasteiger partial charge < -0.3 is 10.2 Å². The molecule has 1 unspecified atom stereocenters. The number of fused-ring (bicyclic) bond motifs is 1. The average Bonchev–Trinajstić information content (AvgIpc) is 2.72. The minimum atomic E-state index is -0.335. The second kappa shape index (κ2) is 2.83. The van der Waals surface area contributed by atoms with Crippen molar-refractivity contribution in [2.75, 3.05) is 25.5 Å². The first-order valence-corrected chi connectivity index (χ1v) is 5.32. The molecule has 78 valence electrons. The zero-order valence-corrected chi connectivity index (χ0v) is 8.79. The Morgan fingerprint density at radius 3 is 2.87 bits per heavy atom. The van der Waals surface area contributed by atoms with Gasteiger partial charge in [0.25, 0.3) is 0 Å². The highest BCUT2D eigenvalue weighted by Gasteiger charge is 2.48. The van der Waals surface area contributed by atoms with Crippen molar-refractivity contribution in [3.63, 3.8) is 0 Å². The maximum absolute atomic E-state index is 12.3. The molecule has 3 heteroatoms. The van der Waals surface area contributed by atoms with E-state index in [1.165, 1.54) is 0 Å². The molecule has 15 heavy (non-hydrogen) atoms. The van der Waals surface area contributed by atoms with Crippen LogP contribution in [-0.4, -0.2) is 36.4 Å². The van der Waals surface area contributed by atoms with Crippen LogP contribution in [0.2, 0.25) is 0 Å². The zero-order chi connectivity index (χ0) is 10.5. The number of carbonyl (C=O) groups is 1. The van der Waals surface area contributed by atoms with Gasteiger partial charge in [-0.1, -0.05) is 12.1 Å². The summed E-state index contributed by atoms with van der Waals surface area (Å²) in [5.41, 5.74) is 1.52. The molecule has 2 aliphatic rings. The number of ketones is 1. The number of benzene rings is 1. The van der Waals surface area contributed by atoms with Gasteiger partial charge in [0, 0.05) is 24.3 Å². The summed E-state index contributed by atoms with van der Waals surface area (Å²) >= 11 is 0. The maximum Gasteiger partial charge on any atom is 0.191 e. The molecule has 0 amide bonds. The molecule has 0 aliphatic carbocycles. The molecular formula is C12H14N2O. The molecule has 1 fully saturated rings. The molecule has 2 aliphatic heterocycles. The Bertz CT molecular complexity index is 429. The summed E-state index contributed by atoms with van der Waals surface area (Å²) in [7, 11) is 2.06. The van der Waals surface area contributed by atoms with E-state index in [1.807, 2.05) is 24.3 Å². The van der Waals surface area contributed by atoms with Crippen molar-refractivity contribution in [2.24, 2.45) is 0 Å². The molecule has 1 spiro atoms. The molecule has 1 N–H and O–H groups in total. The van der Waals surface area contributed by atoms with E-state index in [0.29, 0.717) is 0 Å². The highest BCUT2D eigenvalue weighted by atomic mass is 16.1.